The molecule has 0 spiro atoms. The third-order valence-corrected chi connectivity index (χ3v) is 6.52. The molecule has 0 saturated heterocycles. The summed E-state index contributed by atoms with van der Waals surface area (Å²) in [6.07, 6.45) is 0. The summed E-state index contributed by atoms with van der Waals surface area (Å²) in [6.45, 7) is 12.8. The van der Waals surface area contributed by atoms with Crippen LogP contribution >= 0.6 is 0 Å². The van der Waals surface area contributed by atoms with Gasteiger partial charge in [-0.25, -0.2) is 4.98 Å². The van der Waals surface area contributed by atoms with Crippen LogP contribution in [0.2, 0.25) is 0 Å². The van der Waals surface area contributed by atoms with Crippen LogP contribution in [0, 0.1) is 0 Å². The molecule has 3 rings (SSSR count). The molecule has 7 heteroatoms. The zero-order chi connectivity index (χ0) is 24.5. The second-order valence-corrected chi connectivity index (χ2v) is 8.43. The number of pyridine rings is 1. The molecule has 0 saturated carbocycles. The second-order valence-electron chi connectivity index (χ2n) is 8.43. The van der Waals surface area contributed by atoms with Crippen LogP contribution in [-0.4, -0.2) is 89.7 Å². The average molecular weight is 470 g/mol. The molecule has 0 radical (unpaired) electrons. The van der Waals surface area contributed by atoms with E-state index in [0.717, 1.165) is 59.5 Å². The van der Waals surface area contributed by atoms with Crippen molar-refractivity contribution in [1.29, 1.82) is 0 Å². The molecule has 1 heterocycles. The molecular formula is C27H39N3O4. The normalized spacial score (nSPS) is 13.6. The van der Waals surface area contributed by atoms with Gasteiger partial charge in [0.1, 0.15) is 24.7 Å². The van der Waals surface area contributed by atoms with Crippen molar-refractivity contribution in [3.05, 3.63) is 42.5 Å². The fourth-order valence-electron chi connectivity index (χ4n) is 4.37. The Hall–Kier alpha value is -2.45. The Labute approximate surface area is 202 Å². The zero-order valence-corrected chi connectivity index (χ0v) is 20.9. The number of hydrogen-bond acceptors (Lipinski definition) is 7. The lowest BCUT2D eigenvalue weighted by Crippen LogP contribution is -2.41. The van der Waals surface area contributed by atoms with Gasteiger partial charge < -0.3 is 19.7 Å². The molecule has 0 aliphatic rings. The number of aliphatic hydroxyl groups excluding tert-OH is 2. The monoisotopic (exact) mass is 469 g/mol. The van der Waals surface area contributed by atoms with Gasteiger partial charge in [0.25, 0.3) is 0 Å². The van der Waals surface area contributed by atoms with E-state index in [-0.39, 0.29) is 25.3 Å². The molecule has 2 unspecified atom stereocenters. The number of likely N-dealkylation sites (N-methyl/N-ethyl adjacent to an activating group) is 2. The maximum Gasteiger partial charge on any atom is 0.121 e. The van der Waals surface area contributed by atoms with E-state index < -0.39 is 0 Å². The predicted octanol–water partition coefficient (Wildman–Crippen LogP) is 3.55. The summed E-state index contributed by atoms with van der Waals surface area (Å²) in [4.78, 5) is 9.23. The molecule has 7 nitrogen and oxygen atoms in total. The van der Waals surface area contributed by atoms with E-state index in [9.17, 15) is 10.2 Å². The second kappa shape index (κ2) is 12.9. The fraction of sp³-hybridized carbons (Fsp3) is 0.519. The number of rotatable bonds is 14. The van der Waals surface area contributed by atoms with Gasteiger partial charge in [0, 0.05) is 22.9 Å². The Morgan fingerprint density at radius 1 is 0.676 bits per heavy atom. The first-order chi connectivity index (χ1) is 16.6. The summed E-state index contributed by atoms with van der Waals surface area (Å²) in [6, 6.07) is 13.9. The van der Waals surface area contributed by atoms with Gasteiger partial charge in [0.2, 0.25) is 0 Å². The molecule has 0 bridgehead atoms. The standard InChI is InChI=1S/C27H39N3O4/c1-5-29(6-2)22(16-31)18-33-24-11-9-20-13-21-10-12-25(15-27(21)28-26(20)14-24)34-19-23(17-32)30(7-3)8-4/h9-15,22-23,31-32H,5-8,16-19H2,1-4H3. The van der Waals surface area contributed by atoms with E-state index in [4.69, 9.17) is 14.5 Å². The van der Waals surface area contributed by atoms with Gasteiger partial charge in [-0.2, -0.15) is 0 Å². The van der Waals surface area contributed by atoms with Gasteiger partial charge in [-0.3, -0.25) is 9.80 Å². The molecule has 2 atom stereocenters. The van der Waals surface area contributed by atoms with Gasteiger partial charge in [0.05, 0.1) is 36.3 Å². The minimum absolute atomic E-state index is 0.0333. The van der Waals surface area contributed by atoms with E-state index in [1.807, 2.05) is 36.4 Å². The maximum absolute atomic E-state index is 9.74. The first-order valence-electron chi connectivity index (χ1n) is 12.4. The van der Waals surface area contributed by atoms with Crippen molar-refractivity contribution in [1.82, 2.24) is 14.8 Å². The van der Waals surface area contributed by atoms with E-state index >= 15 is 0 Å². The lowest BCUT2D eigenvalue weighted by molar-refractivity contribution is 0.0899. The lowest BCUT2D eigenvalue weighted by Gasteiger charge is -2.28. The summed E-state index contributed by atoms with van der Waals surface area (Å²) in [5, 5.41) is 21.6. The summed E-state index contributed by atoms with van der Waals surface area (Å²) in [5.41, 5.74) is 1.70. The maximum atomic E-state index is 9.74. The van der Waals surface area contributed by atoms with Crippen molar-refractivity contribution < 1.29 is 19.7 Å². The van der Waals surface area contributed by atoms with Crippen LogP contribution in [0.5, 0.6) is 11.5 Å². The molecule has 3 aromatic rings. The van der Waals surface area contributed by atoms with Crippen molar-refractivity contribution in [2.75, 3.05) is 52.6 Å². The van der Waals surface area contributed by atoms with Crippen molar-refractivity contribution in [3.63, 3.8) is 0 Å². The molecule has 0 fully saturated rings. The highest BCUT2D eigenvalue weighted by Gasteiger charge is 2.17. The summed E-state index contributed by atoms with van der Waals surface area (Å²) in [5.74, 6) is 1.48. The number of aliphatic hydroxyl groups is 2. The Balaban J connectivity index is 1.76. The van der Waals surface area contributed by atoms with Crippen molar-refractivity contribution in [3.8, 4) is 11.5 Å². The van der Waals surface area contributed by atoms with E-state index in [1.54, 1.807) is 0 Å². The molecule has 34 heavy (non-hydrogen) atoms. The fourth-order valence-corrected chi connectivity index (χ4v) is 4.37. The number of benzene rings is 2. The molecule has 1 aromatic heterocycles. The third kappa shape index (κ3) is 6.36. The molecule has 0 aliphatic heterocycles. The molecule has 2 N–H and O–H groups in total. The van der Waals surface area contributed by atoms with Gasteiger partial charge in [-0.1, -0.05) is 27.7 Å². The first kappa shape index (κ1) is 26.2. The van der Waals surface area contributed by atoms with Gasteiger partial charge in [-0.15, -0.1) is 0 Å². The van der Waals surface area contributed by atoms with E-state index in [1.165, 1.54) is 0 Å². The first-order valence-corrected chi connectivity index (χ1v) is 12.4. The zero-order valence-electron chi connectivity index (χ0n) is 20.9. The topological polar surface area (TPSA) is 78.3 Å². The van der Waals surface area contributed by atoms with Gasteiger partial charge in [0.15, 0.2) is 0 Å². The Kier molecular flexibility index (Phi) is 9.89. The van der Waals surface area contributed by atoms with Crippen LogP contribution in [0.25, 0.3) is 21.8 Å². The highest BCUT2D eigenvalue weighted by atomic mass is 16.5. The minimum atomic E-state index is -0.0333. The van der Waals surface area contributed by atoms with Crippen molar-refractivity contribution in [2.24, 2.45) is 0 Å². The predicted molar refractivity (Wildman–Crippen MR) is 138 cm³/mol. The van der Waals surface area contributed by atoms with Crippen LogP contribution in [-0.2, 0) is 0 Å². The van der Waals surface area contributed by atoms with Crippen molar-refractivity contribution >= 4 is 21.8 Å². The lowest BCUT2D eigenvalue weighted by atomic mass is 10.1. The smallest absolute Gasteiger partial charge is 0.121 e. The number of ether oxygens (including phenoxy) is 2. The highest BCUT2D eigenvalue weighted by Crippen LogP contribution is 2.26. The number of nitrogens with zero attached hydrogens (tertiary/aromatic N) is 3. The molecule has 186 valence electrons. The molecule has 0 amide bonds. The number of aromatic nitrogens is 1. The largest absolute Gasteiger partial charge is 0.492 e. The van der Waals surface area contributed by atoms with Crippen LogP contribution in [0.1, 0.15) is 27.7 Å². The highest BCUT2D eigenvalue weighted by molar-refractivity contribution is 5.93. The quantitative estimate of drug-likeness (QED) is 0.350. The molecular weight excluding hydrogens is 430 g/mol. The van der Waals surface area contributed by atoms with Crippen LogP contribution < -0.4 is 9.47 Å². The third-order valence-electron chi connectivity index (χ3n) is 6.52. The van der Waals surface area contributed by atoms with Crippen molar-refractivity contribution in [2.45, 2.75) is 39.8 Å². The SMILES string of the molecule is CCN(CC)C(CO)COc1ccc2cc3ccc(OCC(CO)N(CC)CC)cc3nc2c1. The van der Waals surface area contributed by atoms with Crippen LogP contribution in [0.4, 0.5) is 0 Å². The Morgan fingerprint density at radius 3 is 1.44 bits per heavy atom. The number of fused-ring (bicyclic) bond motifs is 2. The number of hydrogen-bond donors (Lipinski definition) is 2. The van der Waals surface area contributed by atoms with Crippen LogP contribution in [0.15, 0.2) is 42.5 Å². The molecule has 0 aliphatic carbocycles. The van der Waals surface area contributed by atoms with Gasteiger partial charge in [-0.05, 0) is 56.5 Å². The van der Waals surface area contributed by atoms with Crippen LogP contribution in [0.3, 0.4) is 0 Å². The Bertz CT molecular complexity index is 958. The van der Waals surface area contributed by atoms with E-state index in [0.29, 0.717) is 13.2 Å². The summed E-state index contributed by atoms with van der Waals surface area (Å²) >= 11 is 0. The summed E-state index contributed by atoms with van der Waals surface area (Å²) < 4.78 is 12.0. The molecule has 2 aromatic carbocycles. The summed E-state index contributed by atoms with van der Waals surface area (Å²) in [7, 11) is 0. The Morgan fingerprint density at radius 2 is 1.09 bits per heavy atom. The minimum Gasteiger partial charge on any atom is -0.492 e. The average Bonchev–Trinajstić information content (AvgIpc) is 2.87. The van der Waals surface area contributed by atoms with E-state index in [2.05, 4.69) is 43.6 Å². The van der Waals surface area contributed by atoms with Gasteiger partial charge >= 0.3 is 0 Å².